The van der Waals surface area contributed by atoms with E-state index in [1.165, 1.54) is 19.6 Å². The SMILES string of the molecule is COC(=O)c1cc(CN(C)C(=O)CC2c3ccccc3CCN2C(C)=O)oc1C. The summed E-state index contributed by atoms with van der Waals surface area (Å²) in [7, 11) is 3.00. The lowest BCUT2D eigenvalue weighted by Crippen LogP contribution is -2.41. The van der Waals surface area contributed by atoms with Crippen molar-refractivity contribution >= 4 is 17.8 Å². The molecule has 0 aliphatic carbocycles. The Balaban J connectivity index is 1.75. The molecule has 2 aromatic rings. The second kappa shape index (κ2) is 8.51. The number of fused-ring (bicyclic) bond motifs is 1. The average molecular weight is 398 g/mol. The standard InChI is InChI=1S/C22H26N2O5/c1-14-19(22(27)28-4)11-17(29-14)13-23(3)21(26)12-20-18-8-6-5-7-16(18)9-10-24(20)15(2)25/h5-8,11,20H,9-10,12-13H2,1-4H3. The second-order valence-corrected chi connectivity index (χ2v) is 7.31. The number of amides is 2. The molecule has 0 N–H and O–H groups in total. The third-order valence-electron chi connectivity index (χ3n) is 5.38. The van der Waals surface area contributed by atoms with E-state index in [2.05, 4.69) is 0 Å². The number of carbonyl (C=O) groups is 3. The molecular formula is C22H26N2O5. The first-order valence-electron chi connectivity index (χ1n) is 9.58. The highest BCUT2D eigenvalue weighted by Gasteiger charge is 2.31. The highest BCUT2D eigenvalue weighted by molar-refractivity contribution is 5.90. The molecule has 0 saturated heterocycles. The van der Waals surface area contributed by atoms with Gasteiger partial charge in [0.15, 0.2) is 0 Å². The summed E-state index contributed by atoms with van der Waals surface area (Å²) in [6, 6.07) is 9.27. The fraction of sp³-hybridized carbons (Fsp3) is 0.409. The molecule has 1 aliphatic rings. The molecule has 7 nitrogen and oxygen atoms in total. The summed E-state index contributed by atoms with van der Waals surface area (Å²) in [4.78, 5) is 40.1. The van der Waals surface area contributed by atoms with Crippen LogP contribution in [0.3, 0.4) is 0 Å². The Labute approximate surface area is 170 Å². The zero-order valence-corrected chi connectivity index (χ0v) is 17.2. The zero-order valence-electron chi connectivity index (χ0n) is 17.2. The van der Waals surface area contributed by atoms with Crippen LogP contribution in [-0.4, -0.2) is 48.3 Å². The molecule has 1 aromatic heterocycles. The Morgan fingerprint density at radius 3 is 2.69 bits per heavy atom. The summed E-state index contributed by atoms with van der Waals surface area (Å²) >= 11 is 0. The smallest absolute Gasteiger partial charge is 0.341 e. The van der Waals surface area contributed by atoms with Gasteiger partial charge >= 0.3 is 5.97 Å². The van der Waals surface area contributed by atoms with E-state index in [4.69, 9.17) is 9.15 Å². The molecule has 1 aliphatic heterocycles. The maximum atomic E-state index is 12.9. The van der Waals surface area contributed by atoms with Gasteiger partial charge in [0.1, 0.15) is 17.1 Å². The predicted octanol–water partition coefficient (Wildman–Crippen LogP) is 2.87. The van der Waals surface area contributed by atoms with Gasteiger partial charge in [0.05, 0.1) is 26.1 Å². The van der Waals surface area contributed by atoms with Crippen molar-refractivity contribution in [3.05, 3.63) is 58.5 Å². The van der Waals surface area contributed by atoms with Gasteiger partial charge in [-0.1, -0.05) is 24.3 Å². The van der Waals surface area contributed by atoms with E-state index in [1.807, 2.05) is 24.3 Å². The van der Waals surface area contributed by atoms with Gasteiger partial charge in [-0.15, -0.1) is 0 Å². The predicted molar refractivity (Wildman–Crippen MR) is 106 cm³/mol. The van der Waals surface area contributed by atoms with Crippen LogP contribution >= 0.6 is 0 Å². The van der Waals surface area contributed by atoms with Crippen LogP contribution in [-0.2, 0) is 27.3 Å². The first-order valence-corrected chi connectivity index (χ1v) is 9.58. The molecule has 0 spiro atoms. The van der Waals surface area contributed by atoms with Crippen molar-refractivity contribution in [2.24, 2.45) is 0 Å². The van der Waals surface area contributed by atoms with E-state index in [0.29, 0.717) is 23.6 Å². The minimum atomic E-state index is -0.470. The number of hydrogen-bond donors (Lipinski definition) is 0. The van der Waals surface area contributed by atoms with Crippen LogP contribution in [0.15, 0.2) is 34.7 Å². The van der Waals surface area contributed by atoms with Crippen molar-refractivity contribution in [3.8, 4) is 0 Å². The molecule has 1 aromatic carbocycles. The minimum Gasteiger partial charge on any atom is -0.465 e. The van der Waals surface area contributed by atoms with Crippen LogP contribution in [0.25, 0.3) is 0 Å². The van der Waals surface area contributed by atoms with Crippen molar-refractivity contribution in [2.45, 2.75) is 39.3 Å². The number of rotatable bonds is 5. The summed E-state index contributed by atoms with van der Waals surface area (Å²) in [6.45, 7) is 4.05. The zero-order chi connectivity index (χ0) is 21.1. The highest BCUT2D eigenvalue weighted by atomic mass is 16.5. The van der Waals surface area contributed by atoms with Crippen LogP contribution in [0.1, 0.15) is 52.4 Å². The molecule has 0 radical (unpaired) electrons. The van der Waals surface area contributed by atoms with E-state index < -0.39 is 5.97 Å². The maximum absolute atomic E-state index is 12.9. The molecule has 1 unspecified atom stereocenters. The topological polar surface area (TPSA) is 80.1 Å². The molecular weight excluding hydrogens is 372 g/mol. The number of aryl methyl sites for hydroxylation is 1. The van der Waals surface area contributed by atoms with Gasteiger partial charge in [0, 0.05) is 20.5 Å². The molecule has 7 heteroatoms. The molecule has 1 atom stereocenters. The number of hydrogen-bond acceptors (Lipinski definition) is 5. The molecule has 29 heavy (non-hydrogen) atoms. The van der Waals surface area contributed by atoms with Crippen LogP contribution in [0, 0.1) is 6.92 Å². The van der Waals surface area contributed by atoms with Crippen molar-refractivity contribution in [2.75, 3.05) is 20.7 Å². The number of ether oxygens (including phenoxy) is 1. The molecule has 3 rings (SSSR count). The lowest BCUT2D eigenvalue weighted by Gasteiger charge is -2.37. The van der Waals surface area contributed by atoms with E-state index in [1.54, 1.807) is 29.8 Å². The lowest BCUT2D eigenvalue weighted by atomic mass is 9.90. The molecule has 2 heterocycles. The van der Waals surface area contributed by atoms with Crippen LogP contribution in [0.2, 0.25) is 0 Å². The van der Waals surface area contributed by atoms with Gasteiger partial charge in [-0.2, -0.15) is 0 Å². The van der Waals surface area contributed by atoms with Gasteiger partial charge in [0.25, 0.3) is 0 Å². The van der Waals surface area contributed by atoms with Crippen LogP contribution in [0.4, 0.5) is 0 Å². The van der Waals surface area contributed by atoms with E-state index in [-0.39, 0.29) is 30.8 Å². The van der Waals surface area contributed by atoms with Crippen molar-refractivity contribution < 1.29 is 23.5 Å². The third-order valence-corrected chi connectivity index (χ3v) is 5.38. The number of esters is 1. The fourth-order valence-electron chi connectivity index (χ4n) is 3.83. The van der Waals surface area contributed by atoms with Gasteiger partial charge < -0.3 is 19.0 Å². The van der Waals surface area contributed by atoms with Gasteiger partial charge in [0.2, 0.25) is 11.8 Å². The molecule has 2 amide bonds. The number of methoxy groups -OCH3 is 1. The summed E-state index contributed by atoms with van der Waals surface area (Å²) < 4.78 is 10.3. The van der Waals surface area contributed by atoms with E-state index in [9.17, 15) is 14.4 Å². The largest absolute Gasteiger partial charge is 0.465 e. The van der Waals surface area contributed by atoms with Crippen molar-refractivity contribution in [1.82, 2.24) is 9.80 Å². The number of nitrogens with zero attached hydrogens (tertiary/aromatic N) is 2. The quantitative estimate of drug-likeness (QED) is 0.724. The molecule has 0 bridgehead atoms. The Morgan fingerprint density at radius 1 is 1.28 bits per heavy atom. The average Bonchev–Trinajstić information content (AvgIpc) is 3.07. The van der Waals surface area contributed by atoms with Crippen molar-refractivity contribution in [1.29, 1.82) is 0 Å². The first kappa shape index (κ1) is 20.6. The number of carbonyl (C=O) groups excluding carboxylic acids is 3. The Morgan fingerprint density at radius 2 is 2.00 bits per heavy atom. The fourth-order valence-corrected chi connectivity index (χ4v) is 3.83. The third kappa shape index (κ3) is 4.34. The Bertz CT molecular complexity index is 933. The monoisotopic (exact) mass is 398 g/mol. The van der Waals surface area contributed by atoms with E-state index in [0.717, 1.165) is 12.0 Å². The maximum Gasteiger partial charge on any atom is 0.341 e. The minimum absolute atomic E-state index is 0.0377. The summed E-state index contributed by atoms with van der Waals surface area (Å²) in [5, 5.41) is 0. The Kier molecular flexibility index (Phi) is 6.06. The number of benzene rings is 1. The number of furan rings is 1. The molecule has 0 fully saturated rings. The van der Waals surface area contributed by atoms with E-state index >= 15 is 0 Å². The normalized spacial score (nSPS) is 15.6. The summed E-state index contributed by atoms with van der Waals surface area (Å²) in [5.74, 6) is 0.348. The summed E-state index contributed by atoms with van der Waals surface area (Å²) in [5.41, 5.74) is 2.56. The Hall–Kier alpha value is -3.09. The van der Waals surface area contributed by atoms with Crippen LogP contribution < -0.4 is 0 Å². The van der Waals surface area contributed by atoms with Gasteiger partial charge in [-0.3, -0.25) is 9.59 Å². The van der Waals surface area contributed by atoms with Gasteiger partial charge in [-0.05, 0) is 30.5 Å². The summed E-state index contributed by atoms with van der Waals surface area (Å²) in [6.07, 6.45) is 0.981. The second-order valence-electron chi connectivity index (χ2n) is 7.31. The molecule has 154 valence electrons. The highest BCUT2D eigenvalue weighted by Crippen LogP contribution is 2.33. The lowest BCUT2D eigenvalue weighted by molar-refractivity contribution is -0.136. The van der Waals surface area contributed by atoms with Crippen LogP contribution in [0.5, 0.6) is 0 Å². The van der Waals surface area contributed by atoms with Gasteiger partial charge in [-0.25, -0.2) is 4.79 Å². The van der Waals surface area contributed by atoms with Crippen molar-refractivity contribution in [3.63, 3.8) is 0 Å². The molecule has 0 saturated carbocycles. The first-order chi connectivity index (χ1) is 13.8.